The molecule has 3 rings (SSSR count). The first kappa shape index (κ1) is 16.0. The van der Waals surface area contributed by atoms with Crippen LogP contribution in [-0.2, 0) is 4.79 Å². The molecule has 2 aromatic rings. The Bertz CT molecular complexity index is 808. The van der Waals surface area contributed by atoms with Gasteiger partial charge in [-0.15, -0.1) is 0 Å². The number of carbonyl (C=O) groups excluding carboxylic acids is 2. The van der Waals surface area contributed by atoms with E-state index in [0.717, 1.165) is 12.8 Å². The van der Waals surface area contributed by atoms with E-state index < -0.39 is 0 Å². The van der Waals surface area contributed by atoms with Crippen molar-refractivity contribution < 1.29 is 9.59 Å². The van der Waals surface area contributed by atoms with Gasteiger partial charge in [-0.1, -0.05) is 6.07 Å². The molecule has 1 unspecified atom stereocenters. The molecule has 2 amide bonds. The first-order chi connectivity index (χ1) is 11.6. The van der Waals surface area contributed by atoms with Crippen molar-refractivity contribution in [1.29, 1.82) is 0 Å². The number of hydrogen-bond acceptors (Lipinski definition) is 3. The SMILES string of the molecule is CNC(=O)C1CCCN(C(=O)c2cccc(-n3cc[nH]c3=O)c2)C1. The molecule has 2 heterocycles. The lowest BCUT2D eigenvalue weighted by molar-refractivity contribution is -0.125. The summed E-state index contributed by atoms with van der Waals surface area (Å²) >= 11 is 0. The van der Waals surface area contributed by atoms with Crippen molar-refractivity contribution in [2.24, 2.45) is 5.92 Å². The van der Waals surface area contributed by atoms with Crippen molar-refractivity contribution in [1.82, 2.24) is 19.8 Å². The Morgan fingerprint density at radius 2 is 2.17 bits per heavy atom. The molecule has 126 valence electrons. The van der Waals surface area contributed by atoms with Crippen LogP contribution in [0.25, 0.3) is 5.69 Å². The predicted molar refractivity (Wildman–Crippen MR) is 89.1 cm³/mol. The van der Waals surface area contributed by atoms with Gasteiger partial charge in [-0.3, -0.25) is 14.2 Å². The largest absolute Gasteiger partial charge is 0.359 e. The molecule has 0 bridgehead atoms. The van der Waals surface area contributed by atoms with Crippen LogP contribution in [-0.4, -0.2) is 46.4 Å². The standard InChI is InChI=1S/C17H20N4O3/c1-18-15(22)13-5-3-8-20(11-13)16(23)12-4-2-6-14(10-12)21-9-7-19-17(21)24/h2,4,6-7,9-10,13H,3,5,8,11H2,1H3,(H,18,22)(H,19,24). The van der Waals surface area contributed by atoms with E-state index >= 15 is 0 Å². The molecule has 2 N–H and O–H groups in total. The number of nitrogens with zero attached hydrogens (tertiary/aromatic N) is 2. The second-order valence-corrected chi connectivity index (χ2v) is 5.89. The molecule has 1 fully saturated rings. The summed E-state index contributed by atoms with van der Waals surface area (Å²) in [6.07, 6.45) is 4.77. The molecule has 1 aromatic carbocycles. The average Bonchev–Trinajstić information content (AvgIpc) is 3.06. The van der Waals surface area contributed by atoms with E-state index in [9.17, 15) is 14.4 Å². The van der Waals surface area contributed by atoms with E-state index in [1.807, 2.05) is 0 Å². The number of carbonyl (C=O) groups is 2. The summed E-state index contributed by atoms with van der Waals surface area (Å²) in [5.74, 6) is -0.308. The van der Waals surface area contributed by atoms with Gasteiger partial charge in [0, 0.05) is 38.1 Å². The molecule has 0 radical (unpaired) electrons. The highest BCUT2D eigenvalue weighted by atomic mass is 16.2. The summed E-state index contributed by atoms with van der Waals surface area (Å²) < 4.78 is 1.44. The topological polar surface area (TPSA) is 87.2 Å². The number of H-pyrrole nitrogens is 1. The molecule has 1 aromatic heterocycles. The van der Waals surface area contributed by atoms with Crippen molar-refractivity contribution in [3.8, 4) is 5.69 Å². The normalized spacial score (nSPS) is 17.5. The molecule has 7 heteroatoms. The van der Waals surface area contributed by atoms with Gasteiger partial charge in [0.05, 0.1) is 11.6 Å². The number of hydrogen-bond donors (Lipinski definition) is 2. The average molecular weight is 328 g/mol. The van der Waals surface area contributed by atoms with E-state index in [1.54, 1.807) is 48.6 Å². The maximum atomic E-state index is 12.8. The molecule has 0 spiro atoms. The molecular weight excluding hydrogens is 308 g/mol. The molecule has 0 saturated carbocycles. The Kier molecular flexibility index (Phi) is 4.50. The Hall–Kier alpha value is -2.83. The highest BCUT2D eigenvalue weighted by molar-refractivity contribution is 5.95. The zero-order valence-electron chi connectivity index (χ0n) is 13.5. The summed E-state index contributed by atoms with van der Waals surface area (Å²) in [7, 11) is 1.61. The summed E-state index contributed by atoms with van der Waals surface area (Å²) in [5, 5.41) is 2.65. The third-order valence-electron chi connectivity index (χ3n) is 4.35. The first-order valence-corrected chi connectivity index (χ1v) is 7.97. The number of imidazole rings is 1. The zero-order chi connectivity index (χ0) is 17.1. The molecule has 1 saturated heterocycles. The Labute approximate surface area is 139 Å². The van der Waals surface area contributed by atoms with Crippen molar-refractivity contribution in [3.63, 3.8) is 0 Å². The number of amides is 2. The van der Waals surface area contributed by atoms with Crippen LogP contribution in [0.3, 0.4) is 0 Å². The first-order valence-electron chi connectivity index (χ1n) is 7.97. The van der Waals surface area contributed by atoms with Gasteiger partial charge in [0.2, 0.25) is 5.91 Å². The second-order valence-electron chi connectivity index (χ2n) is 5.89. The van der Waals surface area contributed by atoms with Crippen LogP contribution in [0, 0.1) is 5.92 Å². The number of aromatic amines is 1. The van der Waals surface area contributed by atoms with Crippen LogP contribution in [0.5, 0.6) is 0 Å². The third-order valence-corrected chi connectivity index (χ3v) is 4.35. The Balaban J connectivity index is 1.81. The number of likely N-dealkylation sites (tertiary alicyclic amines) is 1. The number of piperidine rings is 1. The van der Waals surface area contributed by atoms with Crippen LogP contribution < -0.4 is 11.0 Å². The van der Waals surface area contributed by atoms with E-state index in [0.29, 0.717) is 24.3 Å². The minimum Gasteiger partial charge on any atom is -0.359 e. The quantitative estimate of drug-likeness (QED) is 0.872. The van der Waals surface area contributed by atoms with Crippen LogP contribution in [0.1, 0.15) is 23.2 Å². The van der Waals surface area contributed by atoms with Gasteiger partial charge in [-0.2, -0.15) is 0 Å². The number of nitrogens with one attached hydrogen (secondary N) is 2. The van der Waals surface area contributed by atoms with E-state index in [2.05, 4.69) is 10.3 Å². The van der Waals surface area contributed by atoms with E-state index in [4.69, 9.17) is 0 Å². The van der Waals surface area contributed by atoms with Gasteiger partial charge >= 0.3 is 5.69 Å². The Morgan fingerprint density at radius 3 is 2.88 bits per heavy atom. The fraction of sp³-hybridized carbons (Fsp3) is 0.353. The highest BCUT2D eigenvalue weighted by Crippen LogP contribution is 2.19. The minimum atomic E-state index is -0.253. The lowest BCUT2D eigenvalue weighted by atomic mass is 9.96. The zero-order valence-corrected chi connectivity index (χ0v) is 13.5. The maximum absolute atomic E-state index is 12.8. The number of rotatable bonds is 3. The molecule has 1 atom stereocenters. The molecule has 1 aliphatic heterocycles. The van der Waals surface area contributed by atoms with E-state index in [1.165, 1.54) is 4.57 Å². The summed E-state index contributed by atoms with van der Waals surface area (Å²) in [5.41, 5.74) is 0.891. The molecular formula is C17H20N4O3. The van der Waals surface area contributed by atoms with Crippen molar-refractivity contribution >= 4 is 11.8 Å². The molecule has 24 heavy (non-hydrogen) atoms. The van der Waals surface area contributed by atoms with Crippen LogP contribution in [0.4, 0.5) is 0 Å². The molecule has 7 nitrogen and oxygen atoms in total. The minimum absolute atomic E-state index is 0.0277. The highest BCUT2D eigenvalue weighted by Gasteiger charge is 2.28. The van der Waals surface area contributed by atoms with Crippen molar-refractivity contribution in [2.75, 3.05) is 20.1 Å². The van der Waals surface area contributed by atoms with Gasteiger partial charge in [-0.05, 0) is 31.0 Å². The predicted octanol–water partition coefficient (Wildman–Crippen LogP) is 0.764. The van der Waals surface area contributed by atoms with Crippen LogP contribution in [0.2, 0.25) is 0 Å². The van der Waals surface area contributed by atoms with Gasteiger partial charge in [0.25, 0.3) is 5.91 Å². The van der Waals surface area contributed by atoms with Gasteiger partial charge in [0.15, 0.2) is 0 Å². The lowest BCUT2D eigenvalue weighted by Crippen LogP contribution is -2.44. The maximum Gasteiger partial charge on any atom is 0.330 e. The number of aromatic nitrogens is 2. The molecule has 0 aliphatic carbocycles. The Morgan fingerprint density at radius 1 is 1.33 bits per heavy atom. The summed E-state index contributed by atoms with van der Waals surface area (Å²) in [6.45, 7) is 1.06. The van der Waals surface area contributed by atoms with Gasteiger partial charge < -0.3 is 15.2 Å². The molecule has 1 aliphatic rings. The van der Waals surface area contributed by atoms with Gasteiger partial charge in [0.1, 0.15) is 0 Å². The van der Waals surface area contributed by atoms with Crippen LogP contribution in [0.15, 0.2) is 41.5 Å². The fourth-order valence-electron chi connectivity index (χ4n) is 3.07. The van der Waals surface area contributed by atoms with Crippen molar-refractivity contribution in [2.45, 2.75) is 12.8 Å². The summed E-state index contributed by atoms with van der Waals surface area (Å²) in [4.78, 5) is 40.6. The smallest absolute Gasteiger partial charge is 0.330 e. The van der Waals surface area contributed by atoms with Crippen LogP contribution >= 0.6 is 0 Å². The third kappa shape index (κ3) is 3.10. The summed E-state index contributed by atoms with van der Waals surface area (Å²) in [6, 6.07) is 6.95. The van der Waals surface area contributed by atoms with E-state index in [-0.39, 0.29) is 23.4 Å². The van der Waals surface area contributed by atoms with Gasteiger partial charge in [-0.25, -0.2) is 4.79 Å². The lowest BCUT2D eigenvalue weighted by Gasteiger charge is -2.32. The number of benzene rings is 1. The fourth-order valence-corrected chi connectivity index (χ4v) is 3.07. The monoisotopic (exact) mass is 328 g/mol. The second kappa shape index (κ2) is 6.74. The van der Waals surface area contributed by atoms with Crippen molar-refractivity contribution in [3.05, 3.63) is 52.7 Å².